The molecular formula is C12H14N2O2. The normalized spacial score (nSPS) is 11.6. The number of hydrogen-bond donors (Lipinski definition) is 1. The summed E-state index contributed by atoms with van der Waals surface area (Å²) < 4.78 is 4.81. The van der Waals surface area contributed by atoms with Crippen LogP contribution in [-0.4, -0.2) is 12.6 Å². The Balaban J connectivity index is 2.63. The van der Waals surface area contributed by atoms with E-state index >= 15 is 0 Å². The largest absolute Gasteiger partial charge is 0.466 e. The molecule has 0 amide bonds. The second-order valence-electron chi connectivity index (χ2n) is 3.35. The molecule has 1 atom stereocenters. The third-order valence-electron chi connectivity index (χ3n) is 2.16. The number of carbonyl (C=O) groups excluding carboxylic acids is 1. The lowest BCUT2D eigenvalue weighted by atomic mass is 10.0. The highest BCUT2D eigenvalue weighted by Crippen LogP contribution is 2.15. The molecule has 0 aromatic heterocycles. The Morgan fingerprint density at radius 2 is 2.12 bits per heavy atom. The van der Waals surface area contributed by atoms with E-state index in [0.717, 1.165) is 5.56 Å². The second-order valence-corrected chi connectivity index (χ2v) is 3.35. The summed E-state index contributed by atoms with van der Waals surface area (Å²) >= 11 is 0. The van der Waals surface area contributed by atoms with Crippen molar-refractivity contribution in [1.82, 2.24) is 0 Å². The van der Waals surface area contributed by atoms with E-state index in [1.807, 2.05) is 6.07 Å². The first-order valence-electron chi connectivity index (χ1n) is 5.08. The number of nitrogens with two attached hydrogens (primary N) is 1. The number of rotatable bonds is 4. The maximum atomic E-state index is 11.2. The molecule has 0 bridgehead atoms. The van der Waals surface area contributed by atoms with Crippen LogP contribution in [0.4, 0.5) is 0 Å². The highest BCUT2D eigenvalue weighted by molar-refractivity contribution is 5.70. The molecule has 4 nitrogen and oxygen atoms in total. The number of nitriles is 1. The molecule has 1 aromatic carbocycles. The quantitative estimate of drug-likeness (QED) is 0.777. The number of hydrogen-bond acceptors (Lipinski definition) is 4. The van der Waals surface area contributed by atoms with Crippen molar-refractivity contribution in [2.24, 2.45) is 5.73 Å². The molecule has 0 aliphatic carbocycles. The van der Waals surface area contributed by atoms with Gasteiger partial charge < -0.3 is 10.5 Å². The Bertz CT molecular complexity index is 392. The van der Waals surface area contributed by atoms with E-state index < -0.39 is 0 Å². The average molecular weight is 218 g/mol. The van der Waals surface area contributed by atoms with E-state index in [1.165, 1.54) is 0 Å². The van der Waals surface area contributed by atoms with Gasteiger partial charge in [0, 0.05) is 6.04 Å². The molecule has 16 heavy (non-hydrogen) atoms. The molecule has 0 fully saturated rings. The van der Waals surface area contributed by atoms with Gasteiger partial charge in [0.2, 0.25) is 0 Å². The Kier molecular flexibility index (Phi) is 4.49. The summed E-state index contributed by atoms with van der Waals surface area (Å²) in [6, 6.07) is 8.51. The van der Waals surface area contributed by atoms with Crippen LogP contribution in [0.3, 0.4) is 0 Å². The van der Waals surface area contributed by atoms with Crippen molar-refractivity contribution in [3.8, 4) is 6.07 Å². The number of nitrogens with zero attached hydrogens (tertiary/aromatic N) is 1. The van der Waals surface area contributed by atoms with Crippen LogP contribution in [0, 0.1) is 11.3 Å². The highest BCUT2D eigenvalue weighted by Gasteiger charge is 2.12. The van der Waals surface area contributed by atoms with Gasteiger partial charge >= 0.3 is 5.97 Å². The Hall–Kier alpha value is -1.86. The summed E-state index contributed by atoms with van der Waals surface area (Å²) in [5.74, 6) is -0.306. The van der Waals surface area contributed by atoms with Crippen molar-refractivity contribution >= 4 is 5.97 Å². The first-order valence-corrected chi connectivity index (χ1v) is 5.08. The third-order valence-corrected chi connectivity index (χ3v) is 2.16. The van der Waals surface area contributed by atoms with Crippen LogP contribution in [0.15, 0.2) is 24.3 Å². The zero-order chi connectivity index (χ0) is 12.0. The van der Waals surface area contributed by atoms with Crippen LogP contribution in [-0.2, 0) is 9.53 Å². The Morgan fingerprint density at radius 3 is 2.62 bits per heavy atom. The molecule has 0 aliphatic rings. The van der Waals surface area contributed by atoms with E-state index in [1.54, 1.807) is 31.2 Å². The molecule has 0 radical (unpaired) electrons. The third kappa shape index (κ3) is 3.37. The van der Waals surface area contributed by atoms with Gasteiger partial charge in [0.05, 0.1) is 24.7 Å². The van der Waals surface area contributed by atoms with Gasteiger partial charge in [0.25, 0.3) is 0 Å². The van der Waals surface area contributed by atoms with Crippen LogP contribution in [0.5, 0.6) is 0 Å². The lowest BCUT2D eigenvalue weighted by Crippen LogP contribution is -2.17. The topological polar surface area (TPSA) is 76.1 Å². The van der Waals surface area contributed by atoms with Crippen LogP contribution in [0.1, 0.15) is 30.5 Å². The van der Waals surface area contributed by atoms with Crippen molar-refractivity contribution in [2.75, 3.05) is 6.61 Å². The van der Waals surface area contributed by atoms with E-state index in [2.05, 4.69) is 0 Å². The fourth-order valence-electron chi connectivity index (χ4n) is 1.32. The molecule has 0 heterocycles. The summed E-state index contributed by atoms with van der Waals surface area (Å²) in [7, 11) is 0. The van der Waals surface area contributed by atoms with E-state index in [-0.39, 0.29) is 18.4 Å². The molecule has 2 N–H and O–H groups in total. The van der Waals surface area contributed by atoms with Gasteiger partial charge in [0.15, 0.2) is 0 Å². The summed E-state index contributed by atoms with van der Waals surface area (Å²) in [5.41, 5.74) is 7.24. The number of ether oxygens (including phenoxy) is 1. The van der Waals surface area contributed by atoms with Crippen LogP contribution >= 0.6 is 0 Å². The van der Waals surface area contributed by atoms with Gasteiger partial charge in [-0.15, -0.1) is 0 Å². The summed E-state index contributed by atoms with van der Waals surface area (Å²) in [5, 5.41) is 8.63. The summed E-state index contributed by atoms with van der Waals surface area (Å²) in [6.07, 6.45) is 0.153. The number of carbonyl (C=O) groups is 1. The fourth-order valence-corrected chi connectivity index (χ4v) is 1.32. The SMILES string of the molecule is CCOC(=O)CC(N)c1ccc(C#N)cc1. The maximum Gasteiger partial charge on any atom is 0.307 e. The molecule has 0 saturated heterocycles. The lowest BCUT2D eigenvalue weighted by molar-refractivity contribution is -0.143. The molecule has 0 saturated carbocycles. The monoisotopic (exact) mass is 218 g/mol. The highest BCUT2D eigenvalue weighted by atomic mass is 16.5. The fraction of sp³-hybridized carbons (Fsp3) is 0.333. The van der Waals surface area contributed by atoms with Crippen molar-refractivity contribution in [2.45, 2.75) is 19.4 Å². The molecule has 1 rings (SSSR count). The number of benzene rings is 1. The van der Waals surface area contributed by atoms with Crippen LogP contribution in [0.25, 0.3) is 0 Å². The van der Waals surface area contributed by atoms with E-state index in [0.29, 0.717) is 12.2 Å². The maximum absolute atomic E-state index is 11.2. The molecule has 1 aromatic rings. The molecule has 1 unspecified atom stereocenters. The second kappa shape index (κ2) is 5.89. The minimum Gasteiger partial charge on any atom is -0.466 e. The van der Waals surface area contributed by atoms with E-state index in [9.17, 15) is 4.79 Å². The van der Waals surface area contributed by atoms with E-state index in [4.69, 9.17) is 15.7 Å². The first kappa shape index (κ1) is 12.2. The predicted octanol–water partition coefficient (Wildman–Crippen LogP) is 1.51. The smallest absolute Gasteiger partial charge is 0.307 e. The molecule has 4 heteroatoms. The van der Waals surface area contributed by atoms with Crippen molar-refractivity contribution in [3.63, 3.8) is 0 Å². The first-order chi connectivity index (χ1) is 7.67. The molecule has 0 aliphatic heterocycles. The molecule has 0 spiro atoms. The zero-order valence-corrected chi connectivity index (χ0v) is 9.14. The minimum absolute atomic E-state index is 0.153. The summed E-state index contributed by atoms with van der Waals surface area (Å²) in [6.45, 7) is 2.12. The molecule has 84 valence electrons. The van der Waals surface area contributed by atoms with Crippen molar-refractivity contribution in [1.29, 1.82) is 5.26 Å². The zero-order valence-electron chi connectivity index (χ0n) is 9.14. The average Bonchev–Trinajstić information content (AvgIpc) is 2.29. The number of esters is 1. The van der Waals surface area contributed by atoms with Gasteiger partial charge in [-0.25, -0.2) is 0 Å². The lowest BCUT2D eigenvalue weighted by Gasteiger charge is -2.10. The molecular weight excluding hydrogens is 204 g/mol. The summed E-state index contributed by atoms with van der Waals surface area (Å²) in [4.78, 5) is 11.2. The van der Waals surface area contributed by atoms with Gasteiger partial charge in [-0.3, -0.25) is 4.79 Å². The van der Waals surface area contributed by atoms with Crippen molar-refractivity contribution in [3.05, 3.63) is 35.4 Å². The Morgan fingerprint density at radius 1 is 1.50 bits per heavy atom. The van der Waals surface area contributed by atoms with Gasteiger partial charge in [-0.2, -0.15) is 5.26 Å². The minimum atomic E-state index is -0.383. The Labute approximate surface area is 94.6 Å². The van der Waals surface area contributed by atoms with Gasteiger partial charge in [0.1, 0.15) is 0 Å². The van der Waals surface area contributed by atoms with Gasteiger partial charge in [-0.05, 0) is 24.6 Å². The standard InChI is InChI=1S/C12H14N2O2/c1-2-16-12(15)7-11(14)10-5-3-9(8-13)4-6-10/h3-6,11H,2,7,14H2,1H3. The van der Waals surface area contributed by atoms with Gasteiger partial charge in [-0.1, -0.05) is 12.1 Å². The van der Waals surface area contributed by atoms with Crippen LogP contribution in [0.2, 0.25) is 0 Å². The van der Waals surface area contributed by atoms with Crippen molar-refractivity contribution < 1.29 is 9.53 Å². The van der Waals surface area contributed by atoms with Crippen LogP contribution < -0.4 is 5.73 Å². The predicted molar refractivity (Wildman–Crippen MR) is 59.3 cm³/mol.